The molecule has 0 atom stereocenters. The molecule has 1 aliphatic rings. The number of aryl methyl sites for hydroxylation is 1. The molecule has 1 aromatic heterocycles. The van der Waals surface area contributed by atoms with Crippen molar-refractivity contribution in [1.29, 1.82) is 0 Å². The Morgan fingerprint density at radius 1 is 1.06 bits per heavy atom. The lowest BCUT2D eigenvalue weighted by molar-refractivity contribution is 0.312. The summed E-state index contributed by atoms with van der Waals surface area (Å²) in [5, 5.41) is 1.32. The summed E-state index contributed by atoms with van der Waals surface area (Å²) in [6, 6.07) is 8.84. The summed E-state index contributed by atoms with van der Waals surface area (Å²) in [4.78, 5) is 8.33. The monoisotopic (exact) mass is 229 g/mol. The molecular formula is C14H19N3. The van der Waals surface area contributed by atoms with Crippen molar-refractivity contribution in [2.24, 2.45) is 0 Å². The van der Waals surface area contributed by atoms with Gasteiger partial charge < -0.3 is 14.8 Å². The highest BCUT2D eigenvalue weighted by Crippen LogP contribution is 2.23. The molecule has 3 nitrogen and oxygen atoms in total. The number of fused-ring (bicyclic) bond motifs is 1. The van der Waals surface area contributed by atoms with Crippen LogP contribution in [-0.2, 0) is 0 Å². The molecule has 2 heterocycles. The third kappa shape index (κ3) is 2.03. The fourth-order valence-corrected chi connectivity index (χ4v) is 2.45. The van der Waals surface area contributed by atoms with Gasteiger partial charge in [0.2, 0.25) is 0 Å². The Hall–Kier alpha value is -1.48. The van der Waals surface area contributed by atoms with E-state index in [-0.39, 0.29) is 0 Å². The van der Waals surface area contributed by atoms with Gasteiger partial charge in [-0.2, -0.15) is 0 Å². The Kier molecular flexibility index (Phi) is 2.56. The van der Waals surface area contributed by atoms with Crippen LogP contribution in [0, 0.1) is 6.92 Å². The number of H-pyrrole nitrogens is 1. The molecule has 0 saturated carbocycles. The highest BCUT2D eigenvalue weighted by atomic mass is 15.3. The van der Waals surface area contributed by atoms with Gasteiger partial charge >= 0.3 is 0 Å². The van der Waals surface area contributed by atoms with Crippen molar-refractivity contribution >= 4 is 16.7 Å². The predicted octanol–water partition coefficient (Wildman–Crippen LogP) is 2.23. The highest BCUT2D eigenvalue weighted by molar-refractivity contribution is 5.84. The first-order valence-corrected chi connectivity index (χ1v) is 6.25. The molecule has 3 rings (SSSR count). The van der Waals surface area contributed by atoms with E-state index in [9.17, 15) is 0 Å². The van der Waals surface area contributed by atoms with Crippen molar-refractivity contribution in [3.05, 3.63) is 29.8 Å². The Balaban J connectivity index is 1.90. The number of hydrogen-bond acceptors (Lipinski definition) is 2. The molecule has 0 spiro atoms. The first-order chi connectivity index (χ1) is 8.22. The van der Waals surface area contributed by atoms with Crippen LogP contribution in [0.4, 0.5) is 5.82 Å². The maximum Gasteiger partial charge on any atom is 0.106 e. The SMILES string of the molecule is Cc1ccc2[nH]c(N3CCN(C)CC3)cc2c1. The summed E-state index contributed by atoms with van der Waals surface area (Å²) >= 11 is 0. The Morgan fingerprint density at radius 2 is 1.82 bits per heavy atom. The van der Waals surface area contributed by atoms with Gasteiger partial charge in [0, 0.05) is 37.1 Å². The van der Waals surface area contributed by atoms with E-state index in [1.165, 1.54) is 22.3 Å². The van der Waals surface area contributed by atoms with Gasteiger partial charge in [-0.3, -0.25) is 0 Å². The second-order valence-electron chi connectivity index (χ2n) is 5.04. The van der Waals surface area contributed by atoms with Gasteiger partial charge in [-0.25, -0.2) is 0 Å². The van der Waals surface area contributed by atoms with Gasteiger partial charge in [0.05, 0.1) is 0 Å². The summed E-state index contributed by atoms with van der Waals surface area (Å²) in [7, 11) is 2.19. The lowest BCUT2D eigenvalue weighted by Crippen LogP contribution is -2.44. The molecule has 0 bridgehead atoms. The largest absolute Gasteiger partial charge is 0.356 e. The summed E-state index contributed by atoms with van der Waals surface area (Å²) in [6.07, 6.45) is 0. The van der Waals surface area contributed by atoms with Gasteiger partial charge in [0.15, 0.2) is 0 Å². The molecule has 1 aliphatic heterocycles. The van der Waals surface area contributed by atoms with E-state index >= 15 is 0 Å². The van der Waals surface area contributed by atoms with E-state index in [0.717, 1.165) is 26.2 Å². The van der Waals surface area contributed by atoms with Gasteiger partial charge in [-0.05, 0) is 32.2 Å². The fraction of sp³-hybridized carbons (Fsp3) is 0.429. The number of benzene rings is 1. The maximum absolute atomic E-state index is 3.51. The molecule has 0 unspecified atom stereocenters. The van der Waals surface area contributed by atoms with Crippen LogP contribution in [0.15, 0.2) is 24.3 Å². The maximum atomic E-state index is 3.51. The average Bonchev–Trinajstić information content (AvgIpc) is 2.72. The number of aromatic nitrogens is 1. The van der Waals surface area contributed by atoms with Crippen LogP contribution >= 0.6 is 0 Å². The number of piperazine rings is 1. The van der Waals surface area contributed by atoms with Crippen LogP contribution in [0.1, 0.15) is 5.56 Å². The van der Waals surface area contributed by atoms with Crippen molar-refractivity contribution < 1.29 is 0 Å². The third-order valence-corrected chi connectivity index (χ3v) is 3.61. The second kappa shape index (κ2) is 4.08. The highest BCUT2D eigenvalue weighted by Gasteiger charge is 2.15. The molecule has 0 radical (unpaired) electrons. The van der Waals surface area contributed by atoms with Crippen molar-refractivity contribution in [2.45, 2.75) is 6.92 Å². The molecule has 1 N–H and O–H groups in total. The molecule has 17 heavy (non-hydrogen) atoms. The van der Waals surface area contributed by atoms with Crippen LogP contribution in [0.25, 0.3) is 10.9 Å². The van der Waals surface area contributed by atoms with Crippen LogP contribution < -0.4 is 4.90 Å². The summed E-state index contributed by atoms with van der Waals surface area (Å²) in [6.45, 7) is 6.66. The number of rotatable bonds is 1. The van der Waals surface area contributed by atoms with E-state index < -0.39 is 0 Å². The lowest BCUT2D eigenvalue weighted by atomic mass is 10.2. The van der Waals surface area contributed by atoms with Crippen LogP contribution in [0.2, 0.25) is 0 Å². The zero-order valence-electron chi connectivity index (χ0n) is 10.5. The Morgan fingerprint density at radius 3 is 2.59 bits per heavy atom. The molecule has 1 saturated heterocycles. The number of hydrogen-bond donors (Lipinski definition) is 1. The third-order valence-electron chi connectivity index (χ3n) is 3.61. The molecule has 0 amide bonds. The summed E-state index contributed by atoms with van der Waals surface area (Å²) < 4.78 is 0. The van der Waals surface area contributed by atoms with Gasteiger partial charge in [0.1, 0.15) is 5.82 Å². The van der Waals surface area contributed by atoms with Gasteiger partial charge in [0.25, 0.3) is 0 Å². The van der Waals surface area contributed by atoms with E-state index in [2.05, 4.69) is 53.0 Å². The Labute approximate surface area is 102 Å². The second-order valence-corrected chi connectivity index (χ2v) is 5.04. The van der Waals surface area contributed by atoms with Crippen LogP contribution in [0.3, 0.4) is 0 Å². The molecular weight excluding hydrogens is 210 g/mol. The van der Waals surface area contributed by atoms with E-state index in [4.69, 9.17) is 0 Å². The fourth-order valence-electron chi connectivity index (χ4n) is 2.45. The zero-order chi connectivity index (χ0) is 11.8. The number of nitrogens with zero attached hydrogens (tertiary/aromatic N) is 2. The number of nitrogens with one attached hydrogen (secondary N) is 1. The van der Waals surface area contributed by atoms with Gasteiger partial charge in [-0.15, -0.1) is 0 Å². The number of anilines is 1. The quantitative estimate of drug-likeness (QED) is 0.810. The molecule has 1 fully saturated rings. The minimum Gasteiger partial charge on any atom is -0.356 e. The normalized spacial score (nSPS) is 17.9. The minimum absolute atomic E-state index is 1.11. The van der Waals surface area contributed by atoms with Crippen molar-refractivity contribution in [3.63, 3.8) is 0 Å². The zero-order valence-corrected chi connectivity index (χ0v) is 10.5. The first kappa shape index (κ1) is 10.7. The molecule has 1 aromatic carbocycles. The van der Waals surface area contributed by atoms with Crippen molar-refractivity contribution in [3.8, 4) is 0 Å². The lowest BCUT2D eigenvalue weighted by Gasteiger charge is -2.32. The minimum atomic E-state index is 1.11. The predicted molar refractivity (Wildman–Crippen MR) is 72.7 cm³/mol. The van der Waals surface area contributed by atoms with E-state index in [0.29, 0.717) is 0 Å². The Bertz CT molecular complexity index is 521. The van der Waals surface area contributed by atoms with Gasteiger partial charge in [-0.1, -0.05) is 11.6 Å². The smallest absolute Gasteiger partial charge is 0.106 e. The van der Waals surface area contributed by atoms with E-state index in [1.807, 2.05) is 0 Å². The summed E-state index contributed by atoms with van der Waals surface area (Å²) in [5.74, 6) is 1.26. The molecule has 3 heteroatoms. The summed E-state index contributed by atoms with van der Waals surface area (Å²) in [5.41, 5.74) is 2.56. The average molecular weight is 229 g/mol. The molecule has 0 aliphatic carbocycles. The van der Waals surface area contributed by atoms with Crippen molar-refractivity contribution in [1.82, 2.24) is 9.88 Å². The number of aromatic amines is 1. The standard InChI is InChI=1S/C14H19N3/c1-11-3-4-13-12(9-11)10-14(15-13)17-7-5-16(2)6-8-17/h3-4,9-10,15H,5-8H2,1-2H3. The molecule has 2 aromatic rings. The van der Waals surface area contributed by atoms with Crippen LogP contribution in [0.5, 0.6) is 0 Å². The molecule has 90 valence electrons. The van der Waals surface area contributed by atoms with Crippen molar-refractivity contribution in [2.75, 3.05) is 38.1 Å². The first-order valence-electron chi connectivity index (χ1n) is 6.25. The number of likely N-dealkylation sites (N-methyl/N-ethyl adjacent to an activating group) is 1. The topological polar surface area (TPSA) is 22.3 Å². The van der Waals surface area contributed by atoms with Crippen LogP contribution in [-0.4, -0.2) is 43.1 Å². The van der Waals surface area contributed by atoms with E-state index in [1.54, 1.807) is 0 Å².